The van der Waals surface area contributed by atoms with Gasteiger partial charge >= 0.3 is 0 Å². The topological polar surface area (TPSA) is 62.6 Å². The lowest BCUT2D eigenvalue weighted by atomic mass is 9.96. The molecule has 1 aliphatic rings. The number of rotatable bonds is 6. The van der Waals surface area contributed by atoms with Crippen LogP contribution in [-0.4, -0.2) is 36.3 Å². The number of nitrogens with zero attached hydrogens (tertiary/aromatic N) is 1. The van der Waals surface area contributed by atoms with Crippen LogP contribution in [0.25, 0.3) is 0 Å². The van der Waals surface area contributed by atoms with Gasteiger partial charge in [0.05, 0.1) is 12.2 Å². The molecule has 1 aliphatic heterocycles. The van der Waals surface area contributed by atoms with Crippen LogP contribution < -0.4 is 5.32 Å². The van der Waals surface area contributed by atoms with Gasteiger partial charge in [0.25, 0.3) is 0 Å². The van der Waals surface area contributed by atoms with E-state index in [1.54, 1.807) is 6.26 Å². The maximum atomic E-state index is 12.3. The van der Waals surface area contributed by atoms with Crippen molar-refractivity contribution in [3.8, 4) is 0 Å². The molecule has 1 aromatic rings. The molecule has 5 heteroatoms. The van der Waals surface area contributed by atoms with Gasteiger partial charge in [-0.25, -0.2) is 0 Å². The van der Waals surface area contributed by atoms with Crippen LogP contribution in [0, 0.1) is 11.8 Å². The van der Waals surface area contributed by atoms with Crippen LogP contribution in [0.5, 0.6) is 0 Å². The zero-order chi connectivity index (χ0) is 15.9. The average molecular weight is 306 g/mol. The van der Waals surface area contributed by atoms with Gasteiger partial charge in [-0.15, -0.1) is 0 Å². The molecule has 5 nitrogen and oxygen atoms in total. The van der Waals surface area contributed by atoms with Crippen LogP contribution in [-0.2, 0) is 16.0 Å². The average Bonchev–Trinajstić information content (AvgIpc) is 3.03. The molecule has 1 saturated heterocycles. The van der Waals surface area contributed by atoms with E-state index in [-0.39, 0.29) is 17.7 Å². The largest absolute Gasteiger partial charge is 0.469 e. The van der Waals surface area contributed by atoms with E-state index in [0.29, 0.717) is 31.8 Å². The molecule has 1 aromatic heterocycles. The van der Waals surface area contributed by atoms with Crippen LogP contribution in [0.2, 0.25) is 0 Å². The van der Waals surface area contributed by atoms with E-state index in [0.717, 1.165) is 25.1 Å². The summed E-state index contributed by atoms with van der Waals surface area (Å²) in [5.74, 6) is 1.39. The Kier molecular flexibility index (Phi) is 6.04. The second kappa shape index (κ2) is 8.01. The van der Waals surface area contributed by atoms with Gasteiger partial charge in [-0.05, 0) is 30.9 Å². The molecule has 0 bridgehead atoms. The summed E-state index contributed by atoms with van der Waals surface area (Å²) in [6, 6.07) is 3.71. The molecule has 1 atom stereocenters. The maximum absolute atomic E-state index is 12.3. The molecule has 0 spiro atoms. The molecule has 22 heavy (non-hydrogen) atoms. The third-order valence-corrected chi connectivity index (χ3v) is 3.99. The summed E-state index contributed by atoms with van der Waals surface area (Å²) in [5.41, 5.74) is 0. The molecule has 2 heterocycles. The first-order valence-corrected chi connectivity index (χ1v) is 8.14. The van der Waals surface area contributed by atoms with Gasteiger partial charge in [0.2, 0.25) is 11.8 Å². The summed E-state index contributed by atoms with van der Waals surface area (Å²) in [5, 5.41) is 2.97. The highest BCUT2D eigenvalue weighted by Crippen LogP contribution is 2.18. The van der Waals surface area contributed by atoms with Crippen molar-refractivity contribution in [1.29, 1.82) is 0 Å². The molecule has 0 aromatic carbocycles. The molecule has 0 saturated carbocycles. The van der Waals surface area contributed by atoms with E-state index in [4.69, 9.17) is 4.42 Å². The number of amides is 2. The van der Waals surface area contributed by atoms with E-state index in [9.17, 15) is 9.59 Å². The first kappa shape index (κ1) is 16.6. The van der Waals surface area contributed by atoms with Crippen molar-refractivity contribution in [3.63, 3.8) is 0 Å². The van der Waals surface area contributed by atoms with Gasteiger partial charge < -0.3 is 14.6 Å². The predicted octanol–water partition coefficient (Wildman–Crippen LogP) is 2.22. The van der Waals surface area contributed by atoms with E-state index < -0.39 is 0 Å². The maximum Gasteiger partial charge on any atom is 0.224 e. The number of piperidine rings is 1. The van der Waals surface area contributed by atoms with Crippen molar-refractivity contribution in [1.82, 2.24) is 10.2 Å². The normalized spacial score (nSPS) is 18.5. The molecule has 0 aliphatic carbocycles. The van der Waals surface area contributed by atoms with E-state index in [2.05, 4.69) is 19.2 Å². The van der Waals surface area contributed by atoms with Crippen LogP contribution in [0.1, 0.15) is 38.9 Å². The van der Waals surface area contributed by atoms with Crippen LogP contribution >= 0.6 is 0 Å². The number of carbonyl (C=O) groups excluding carboxylic acids is 2. The van der Waals surface area contributed by atoms with Crippen molar-refractivity contribution < 1.29 is 14.0 Å². The summed E-state index contributed by atoms with van der Waals surface area (Å²) in [6.07, 6.45) is 4.44. The first-order valence-electron chi connectivity index (χ1n) is 8.14. The van der Waals surface area contributed by atoms with Crippen molar-refractivity contribution in [2.24, 2.45) is 11.8 Å². The van der Waals surface area contributed by atoms with Crippen LogP contribution in [0.4, 0.5) is 0 Å². The Morgan fingerprint density at radius 3 is 2.95 bits per heavy atom. The second-order valence-corrected chi connectivity index (χ2v) is 6.40. The van der Waals surface area contributed by atoms with Gasteiger partial charge in [0.1, 0.15) is 5.76 Å². The number of aryl methyl sites for hydroxylation is 1. The van der Waals surface area contributed by atoms with E-state index in [1.165, 1.54) is 0 Å². The van der Waals surface area contributed by atoms with Crippen molar-refractivity contribution in [2.45, 2.75) is 39.5 Å². The van der Waals surface area contributed by atoms with Crippen LogP contribution in [0.15, 0.2) is 22.8 Å². The molecule has 2 amide bonds. The quantitative estimate of drug-likeness (QED) is 0.876. The molecule has 2 rings (SSSR count). The number of nitrogens with one attached hydrogen (secondary N) is 1. The molecule has 0 unspecified atom stereocenters. The number of furan rings is 1. The van der Waals surface area contributed by atoms with Gasteiger partial charge in [-0.1, -0.05) is 13.8 Å². The predicted molar refractivity (Wildman–Crippen MR) is 84.2 cm³/mol. The fourth-order valence-electron chi connectivity index (χ4n) is 2.71. The zero-order valence-corrected chi connectivity index (χ0v) is 13.5. The lowest BCUT2D eigenvalue weighted by molar-refractivity contribution is -0.135. The van der Waals surface area contributed by atoms with Gasteiger partial charge in [0.15, 0.2) is 0 Å². The zero-order valence-electron chi connectivity index (χ0n) is 13.5. The minimum atomic E-state index is -0.0694. The van der Waals surface area contributed by atoms with E-state index in [1.807, 2.05) is 17.0 Å². The molecule has 122 valence electrons. The lowest BCUT2D eigenvalue weighted by Gasteiger charge is -2.32. The highest BCUT2D eigenvalue weighted by atomic mass is 16.3. The van der Waals surface area contributed by atoms with Gasteiger partial charge in [0, 0.05) is 32.5 Å². The van der Waals surface area contributed by atoms with Crippen molar-refractivity contribution in [2.75, 3.05) is 19.6 Å². The highest BCUT2D eigenvalue weighted by Gasteiger charge is 2.28. The van der Waals surface area contributed by atoms with Gasteiger partial charge in [-0.3, -0.25) is 9.59 Å². The Bertz CT molecular complexity index is 482. The Morgan fingerprint density at radius 2 is 2.27 bits per heavy atom. The van der Waals surface area contributed by atoms with E-state index >= 15 is 0 Å². The first-order chi connectivity index (χ1) is 10.6. The summed E-state index contributed by atoms with van der Waals surface area (Å²) in [7, 11) is 0. The number of hydrogen-bond donors (Lipinski definition) is 1. The third kappa shape index (κ3) is 4.90. The Labute approximate surface area is 132 Å². The number of likely N-dealkylation sites (tertiary alicyclic amines) is 1. The molecule has 0 radical (unpaired) electrons. The standard InChI is InChI=1S/C17H26N2O3/c1-13(2)11-18-17(21)14-5-3-9-19(12-14)16(20)8-7-15-6-4-10-22-15/h4,6,10,13-14H,3,5,7-9,11-12H2,1-2H3,(H,18,21)/t14-/m1/s1. The lowest BCUT2D eigenvalue weighted by Crippen LogP contribution is -2.46. The van der Waals surface area contributed by atoms with Crippen molar-refractivity contribution in [3.05, 3.63) is 24.2 Å². The SMILES string of the molecule is CC(C)CNC(=O)[C@@H]1CCCN(C(=O)CCc2ccco2)C1. The van der Waals surface area contributed by atoms with Gasteiger partial charge in [-0.2, -0.15) is 0 Å². The smallest absolute Gasteiger partial charge is 0.224 e. The Morgan fingerprint density at radius 1 is 1.45 bits per heavy atom. The molecule has 1 fully saturated rings. The summed E-state index contributed by atoms with van der Waals surface area (Å²) in [6.45, 7) is 6.14. The summed E-state index contributed by atoms with van der Waals surface area (Å²) in [4.78, 5) is 26.3. The fraction of sp³-hybridized carbons (Fsp3) is 0.647. The highest BCUT2D eigenvalue weighted by molar-refractivity contribution is 5.81. The Hall–Kier alpha value is -1.78. The minimum Gasteiger partial charge on any atom is -0.469 e. The summed E-state index contributed by atoms with van der Waals surface area (Å²) >= 11 is 0. The number of carbonyl (C=O) groups is 2. The minimum absolute atomic E-state index is 0.0694. The fourth-order valence-corrected chi connectivity index (χ4v) is 2.71. The van der Waals surface area contributed by atoms with Crippen LogP contribution in [0.3, 0.4) is 0 Å². The monoisotopic (exact) mass is 306 g/mol. The second-order valence-electron chi connectivity index (χ2n) is 6.40. The Balaban J connectivity index is 1.79. The molecular formula is C17H26N2O3. The van der Waals surface area contributed by atoms with Crippen molar-refractivity contribution >= 4 is 11.8 Å². The molecule has 1 N–H and O–H groups in total. The number of hydrogen-bond acceptors (Lipinski definition) is 3. The third-order valence-electron chi connectivity index (χ3n) is 3.99. The molecular weight excluding hydrogens is 280 g/mol. The summed E-state index contributed by atoms with van der Waals surface area (Å²) < 4.78 is 5.25.